The van der Waals surface area contributed by atoms with Crippen molar-refractivity contribution in [2.24, 2.45) is 0 Å². The molecule has 3 heteroatoms. The summed E-state index contributed by atoms with van der Waals surface area (Å²) in [5, 5.41) is 0. The maximum Gasteiger partial charge on any atom is 0.164 e. The monoisotopic (exact) mass is 222 g/mol. The Hall–Kier alpha value is -1.22. The number of methoxy groups -OCH3 is 1. The van der Waals surface area contributed by atoms with Gasteiger partial charge in [-0.15, -0.1) is 0 Å². The molecule has 1 heterocycles. The lowest BCUT2D eigenvalue weighted by molar-refractivity contribution is 0.169. The van der Waals surface area contributed by atoms with Gasteiger partial charge in [-0.1, -0.05) is 12.1 Å². The summed E-state index contributed by atoms with van der Waals surface area (Å²) < 4.78 is 16.4. The lowest BCUT2D eigenvalue weighted by Crippen LogP contribution is -2.06. The molecule has 0 saturated heterocycles. The summed E-state index contributed by atoms with van der Waals surface area (Å²) in [5.41, 5.74) is 1.25. The summed E-state index contributed by atoms with van der Waals surface area (Å²) in [6.07, 6.45) is 2.14. The number of ether oxygens (including phenoxy) is 3. The van der Waals surface area contributed by atoms with E-state index in [2.05, 4.69) is 13.0 Å². The van der Waals surface area contributed by atoms with E-state index in [1.54, 1.807) is 7.11 Å². The second-order valence-corrected chi connectivity index (χ2v) is 4.07. The average molecular weight is 222 g/mol. The molecule has 1 atom stereocenters. The Balaban J connectivity index is 1.97. The van der Waals surface area contributed by atoms with Crippen molar-refractivity contribution in [3.05, 3.63) is 23.8 Å². The molecule has 0 radical (unpaired) electrons. The van der Waals surface area contributed by atoms with Gasteiger partial charge in [0.15, 0.2) is 11.5 Å². The fourth-order valence-electron chi connectivity index (χ4n) is 1.91. The van der Waals surface area contributed by atoms with E-state index in [1.165, 1.54) is 5.56 Å². The predicted molar refractivity (Wildman–Crippen MR) is 62.2 cm³/mol. The molecule has 0 aliphatic carbocycles. The van der Waals surface area contributed by atoms with E-state index < -0.39 is 0 Å². The van der Waals surface area contributed by atoms with Crippen LogP contribution in [0.4, 0.5) is 0 Å². The zero-order valence-electron chi connectivity index (χ0n) is 9.86. The van der Waals surface area contributed by atoms with Gasteiger partial charge in [0.2, 0.25) is 0 Å². The van der Waals surface area contributed by atoms with Crippen molar-refractivity contribution < 1.29 is 14.2 Å². The molecule has 1 aliphatic rings. The molecule has 2 rings (SSSR count). The van der Waals surface area contributed by atoms with E-state index in [1.807, 2.05) is 12.1 Å². The molecule has 0 N–H and O–H groups in total. The van der Waals surface area contributed by atoms with Crippen molar-refractivity contribution in [3.63, 3.8) is 0 Å². The summed E-state index contributed by atoms with van der Waals surface area (Å²) in [6.45, 7) is 3.48. The second-order valence-electron chi connectivity index (χ2n) is 4.07. The van der Waals surface area contributed by atoms with Crippen LogP contribution in [0.3, 0.4) is 0 Å². The van der Waals surface area contributed by atoms with Gasteiger partial charge in [0.25, 0.3) is 0 Å². The molecule has 1 aromatic carbocycles. The topological polar surface area (TPSA) is 27.7 Å². The van der Waals surface area contributed by atoms with Gasteiger partial charge in [-0.05, 0) is 13.0 Å². The summed E-state index contributed by atoms with van der Waals surface area (Å²) in [5.74, 6) is 1.78. The number of rotatable bonds is 5. The molecule has 3 nitrogen and oxygen atoms in total. The minimum atomic E-state index is 0.263. The van der Waals surface area contributed by atoms with Crippen molar-refractivity contribution >= 4 is 0 Å². The predicted octanol–water partition coefficient (Wildman–Crippen LogP) is 2.43. The smallest absolute Gasteiger partial charge is 0.164 e. The Morgan fingerprint density at radius 2 is 2.25 bits per heavy atom. The Morgan fingerprint density at radius 3 is 3.06 bits per heavy atom. The standard InChI is InChI=1S/C13H18O3/c1-10-9-11-5-3-6-12(13(11)16-10)15-8-4-7-14-2/h3,5-6,10H,4,7-9H2,1-2H3. The zero-order valence-corrected chi connectivity index (χ0v) is 9.86. The average Bonchev–Trinajstić information content (AvgIpc) is 2.65. The lowest BCUT2D eigenvalue weighted by Gasteiger charge is -2.10. The third-order valence-electron chi connectivity index (χ3n) is 2.64. The number of benzene rings is 1. The Bertz CT molecular complexity index is 349. The molecule has 16 heavy (non-hydrogen) atoms. The minimum absolute atomic E-state index is 0.263. The van der Waals surface area contributed by atoms with Crippen LogP contribution in [0.25, 0.3) is 0 Å². The fourth-order valence-corrected chi connectivity index (χ4v) is 1.91. The normalized spacial score (nSPS) is 18.0. The molecule has 0 fully saturated rings. The first-order valence-electron chi connectivity index (χ1n) is 5.71. The van der Waals surface area contributed by atoms with E-state index >= 15 is 0 Å². The molecule has 0 aromatic heterocycles. The number of fused-ring (bicyclic) bond motifs is 1. The van der Waals surface area contributed by atoms with E-state index in [4.69, 9.17) is 14.2 Å². The first kappa shape index (κ1) is 11.3. The van der Waals surface area contributed by atoms with Gasteiger partial charge in [-0.3, -0.25) is 0 Å². The van der Waals surface area contributed by atoms with Gasteiger partial charge in [-0.25, -0.2) is 0 Å². The summed E-state index contributed by atoms with van der Waals surface area (Å²) in [6, 6.07) is 6.08. The third kappa shape index (κ3) is 2.47. The quantitative estimate of drug-likeness (QED) is 0.716. The van der Waals surface area contributed by atoms with Crippen LogP contribution in [0.1, 0.15) is 18.9 Å². The largest absolute Gasteiger partial charge is 0.490 e. The van der Waals surface area contributed by atoms with Crippen LogP contribution < -0.4 is 9.47 Å². The molecule has 0 spiro atoms. The SMILES string of the molecule is COCCCOc1cccc2c1OC(C)C2. The van der Waals surface area contributed by atoms with Crippen LogP contribution in [0.2, 0.25) is 0 Å². The maximum absolute atomic E-state index is 5.74. The molecular weight excluding hydrogens is 204 g/mol. The molecule has 0 saturated carbocycles. The number of para-hydroxylation sites is 1. The van der Waals surface area contributed by atoms with Gasteiger partial charge in [0, 0.05) is 32.1 Å². The van der Waals surface area contributed by atoms with Crippen LogP contribution in [0.15, 0.2) is 18.2 Å². The highest BCUT2D eigenvalue weighted by Gasteiger charge is 2.22. The van der Waals surface area contributed by atoms with E-state index in [-0.39, 0.29) is 6.10 Å². The molecule has 0 bridgehead atoms. The molecule has 0 amide bonds. The molecule has 88 valence electrons. The molecule has 1 unspecified atom stereocenters. The highest BCUT2D eigenvalue weighted by atomic mass is 16.5. The fraction of sp³-hybridized carbons (Fsp3) is 0.538. The maximum atomic E-state index is 5.74. The summed E-state index contributed by atoms with van der Waals surface area (Å²) in [4.78, 5) is 0. The van der Waals surface area contributed by atoms with Crippen LogP contribution in [0.5, 0.6) is 11.5 Å². The van der Waals surface area contributed by atoms with E-state index in [9.17, 15) is 0 Å². The van der Waals surface area contributed by atoms with Gasteiger partial charge in [0.05, 0.1) is 6.61 Å². The number of hydrogen-bond donors (Lipinski definition) is 0. The van der Waals surface area contributed by atoms with Crippen LogP contribution in [-0.4, -0.2) is 26.4 Å². The van der Waals surface area contributed by atoms with Gasteiger partial charge in [0.1, 0.15) is 6.10 Å². The zero-order chi connectivity index (χ0) is 11.4. The van der Waals surface area contributed by atoms with Crippen LogP contribution in [-0.2, 0) is 11.2 Å². The van der Waals surface area contributed by atoms with Crippen LogP contribution in [0, 0.1) is 0 Å². The molecule has 1 aromatic rings. The van der Waals surface area contributed by atoms with Crippen LogP contribution >= 0.6 is 0 Å². The highest BCUT2D eigenvalue weighted by Crippen LogP contribution is 2.37. The van der Waals surface area contributed by atoms with Crippen molar-refractivity contribution in [1.82, 2.24) is 0 Å². The third-order valence-corrected chi connectivity index (χ3v) is 2.64. The number of hydrogen-bond acceptors (Lipinski definition) is 3. The Labute approximate surface area is 96.3 Å². The van der Waals surface area contributed by atoms with Gasteiger partial charge in [-0.2, -0.15) is 0 Å². The second kappa shape index (κ2) is 5.21. The lowest BCUT2D eigenvalue weighted by atomic mass is 10.1. The highest BCUT2D eigenvalue weighted by molar-refractivity contribution is 5.49. The molecule has 1 aliphatic heterocycles. The summed E-state index contributed by atoms with van der Waals surface area (Å²) in [7, 11) is 1.70. The summed E-state index contributed by atoms with van der Waals surface area (Å²) >= 11 is 0. The Kier molecular flexibility index (Phi) is 3.67. The Morgan fingerprint density at radius 1 is 1.38 bits per heavy atom. The van der Waals surface area contributed by atoms with Gasteiger partial charge >= 0.3 is 0 Å². The van der Waals surface area contributed by atoms with Crippen molar-refractivity contribution in [1.29, 1.82) is 0 Å². The first-order chi connectivity index (χ1) is 7.81. The van der Waals surface area contributed by atoms with E-state index in [0.717, 1.165) is 30.9 Å². The molecular formula is C13H18O3. The first-order valence-corrected chi connectivity index (χ1v) is 5.71. The van der Waals surface area contributed by atoms with Crippen molar-refractivity contribution in [2.75, 3.05) is 20.3 Å². The van der Waals surface area contributed by atoms with Crippen molar-refractivity contribution in [3.8, 4) is 11.5 Å². The van der Waals surface area contributed by atoms with Gasteiger partial charge < -0.3 is 14.2 Å². The van der Waals surface area contributed by atoms with Crippen molar-refractivity contribution in [2.45, 2.75) is 25.9 Å². The minimum Gasteiger partial charge on any atom is -0.490 e. The van der Waals surface area contributed by atoms with E-state index in [0.29, 0.717) is 6.61 Å².